The number of rotatable bonds is 12. The zero-order chi connectivity index (χ0) is 43.4. The van der Waals surface area contributed by atoms with Gasteiger partial charge in [-0.15, -0.1) is 0 Å². The third kappa shape index (κ3) is 10.7. The largest absolute Gasteiger partial charge is 0.489 e. The third-order valence-corrected chi connectivity index (χ3v) is 13.0. The highest BCUT2D eigenvalue weighted by molar-refractivity contribution is 5.77. The molecule has 4 rings (SSSR count). The normalized spacial score (nSPS) is 42.8. The van der Waals surface area contributed by atoms with Crippen LogP contribution in [0.25, 0.3) is 0 Å². The summed E-state index contributed by atoms with van der Waals surface area (Å²) in [5, 5.41) is 22.8. The topological polar surface area (TPSA) is 178 Å². The lowest BCUT2D eigenvalue weighted by atomic mass is 9.79. The van der Waals surface area contributed by atoms with Gasteiger partial charge in [-0.1, -0.05) is 27.7 Å². The van der Waals surface area contributed by atoms with E-state index in [4.69, 9.17) is 42.6 Å². The van der Waals surface area contributed by atoms with Crippen LogP contribution in [-0.4, -0.2) is 139 Å². The number of hydrogen-bond acceptors (Lipinski definition) is 15. The number of aliphatic hydroxyl groups is 2. The first-order valence-electron chi connectivity index (χ1n) is 21.2. The molecule has 15 heteroatoms. The van der Waals surface area contributed by atoms with E-state index >= 15 is 0 Å². The highest BCUT2D eigenvalue weighted by Crippen LogP contribution is 2.47. The van der Waals surface area contributed by atoms with Crippen molar-refractivity contribution in [3.05, 3.63) is 11.3 Å². The monoisotopic (exact) mass is 828 g/mol. The van der Waals surface area contributed by atoms with Crippen molar-refractivity contribution >= 4 is 17.9 Å². The second-order valence-electron chi connectivity index (χ2n) is 17.8. The highest BCUT2D eigenvalue weighted by atomic mass is 16.7. The van der Waals surface area contributed by atoms with E-state index in [1.165, 1.54) is 7.11 Å². The van der Waals surface area contributed by atoms with E-state index in [1.807, 2.05) is 67.5 Å². The van der Waals surface area contributed by atoms with E-state index in [-0.39, 0.29) is 38.0 Å². The van der Waals surface area contributed by atoms with Gasteiger partial charge in [0.25, 0.3) is 0 Å². The molecule has 2 bridgehead atoms. The predicted molar refractivity (Wildman–Crippen MR) is 212 cm³/mol. The average molecular weight is 828 g/mol. The summed E-state index contributed by atoms with van der Waals surface area (Å²) in [4.78, 5) is 41.8. The van der Waals surface area contributed by atoms with Gasteiger partial charge in [0, 0.05) is 37.7 Å². The highest BCUT2D eigenvalue weighted by Gasteiger charge is 2.55. The van der Waals surface area contributed by atoms with Gasteiger partial charge in [0.05, 0.1) is 61.4 Å². The molecule has 0 unspecified atom stereocenters. The molecule has 3 fully saturated rings. The number of methoxy groups -OCH3 is 1. The third-order valence-electron chi connectivity index (χ3n) is 13.0. The van der Waals surface area contributed by atoms with Crippen LogP contribution in [-0.2, 0) is 57.0 Å². The van der Waals surface area contributed by atoms with Gasteiger partial charge in [-0.3, -0.25) is 14.4 Å². The van der Waals surface area contributed by atoms with Gasteiger partial charge in [-0.2, -0.15) is 0 Å². The maximum absolute atomic E-state index is 14.3. The van der Waals surface area contributed by atoms with Crippen LogP contribution >= 0.6 is 0 Å². The molecular formula is C43H73NO14. The fourth-order valence-electron chi connectivity index (χ4n) is 9.43. The van der Waals surface area contributed by atoms with Crippen LogP contribution in [0, 0.1) is 23.7 Å². The maximum atomic E-state index is 14.3. The first-order chi connectivity index (χ1) is 27.1. The van der Waals surface area contributed by atoms with Crippen LogP contribution in [0.5, 0.6) is 0 Å². The first-order valence-corrected chi connectivity index (χ1v) is 21.2. The molecule has 334 valence electrons. The fraction of sp³-hybridized carbons (Fsp3) is 0.884. The summed E-state index contributed by atoms with van der Waals surface area (Å²) in [6.07, 6.45) is -6.83. The molecule has 0 spiro atoms. The second kappa shape index (κ2) is 20.0. The number of likely N-dealkylation sites (N-methyl/N-ethyl adjacent to an activating group) is 1. The van der Waals surface area contributed by atoms with Gasteiger partial charge >= 0.3 is 17.9 Å². The summed E-state index contributed by atoms with van der Waals surface area (Å²) in [6.45, 7) is 20.7. The number of ether oxygens (including phenoxy) is 9. The number of hydrogen-bond donors (Lipinski definition) is 2. The fourth-order valence-corrected chi connectivity index (χ4v) is 9.43. The Morgan fingerprint density at radius 3 is 2.17 bits per heavy atom. The van der Waals surface area contributed by atoms with Crippen LogP contribution in [0.15, 0.2) is 11.3 Å². The molecule has 4 aliphatic rings. The summed E-state index contributed by atoms with van der Waals surface area (Å²) >= 11 is 0. The molecule has 2 N–H and O–H groups in total. The molecule has 58 heavy (non-hydrogen) atoms. The van der Waals surface area contributed by atoms with Crippen molar-refractivity contribution in [3.8, 4) is 0 Å². The van der Waals surface area contributed by atoms with Gasteiger partial charge in [0.1, 0.15) is 29.7 Å². The van der Waals surface area contributed by atoms with Crippen molar-refractivity contribution < 1.29 is 67.2 Å². The average Bonchev–Trinajstić information content (AvgIpc) is 3.49. The molecule has 4 aliphatic heterocycles. The van der Waals surface area contributed by atoms with Crippen LogP contribution in [0.3, 0.4) is 0 Å². The number of cyclic esters (lactones) is 1. The van der Waals surface area contributed by atoms with Crippen LogP contribution < -0.4 is 0 Å². The number of esters is 3. The summed E-state index contributed by atoms with van der Waals surface area (Å²) in [5.41, 5.74) is -1.15. The molecule has 0 radical (unpaired) electrons. The number of nitrogens with zero attached hydrogens (tertiary/aromatic N) is 1. The molecule has 0 aromatic heterocycles. The van der Waals surface area contributed by atoms with E-state index in [2.05, 4.69) is 0 Å². The molecule has 0 aliphatic carbocycles. The molecule has 4 heterocycles. The number of aliphatic hydroxyl groups excluding tert-OH is 2. The molecule has 0 aromatic rings. The molecule has 0 aromatic carbocycles. The Morgan fingerprint density at radius 1 is 0.914 bits per heavy atom. The van der Waals surface area contributed by atoms with Crippen molar-refractivity contribution in [1.82, 2.24) is 4.90 Å². The lowest BCUT2D eigenvalue weighted by Crippen LogP contribution is -2.61. The Hall–Kier alpha value is -2.37. The van der Waals surface area contributed by atoms with Crippen molar-refractivity contribution in [3.63, 3.8) is 0 Å². The minimum atomic E-state index is -1.11. The SMILES string of the molecule is CCOC(=O)CCC(=O)O[C@H]1[C@H](O[C@@H]2[C@@H](C)[C@H](O[C@H]3C[C@@](C)(OC)[C@@H](O)[C@H](C)O3)[C@@H](C)C(=O)O[C@H](CC)[C@H](C)[C@H](O)[C@@H](C)C3=C(C)C[C@@]2(C)O3)O[C@H](C)C[C@H]1N(C)C. The smallest absolute Gasteiger partial charge is 0.311 e. The Morgan fingerprint density at radius 2 is 1.57 bits per heavy atom. The van der Waals surface area contributed by atoms with Gasteiger partial charge in [-0.25, -0.2) is 0 Å². The van der Waals surface area contributed by atoms with Gasteiger partial charge in [0.2, 0.25) is 0 Å². The standard InChI is InChI=1S/C43H73NO14/c1-15-30-24(5)34(47)25(6)35-22(3)20-43(11,58-35)39(26(7)36(27(8)40(49)54-30)56-33-21-42(10,50-14)38(48)28(9)53-33)57-41-37(29(44(12)13)19-23(4)52-41)55-32(46)18-17-31(45)51-16-2/h23-30,33-34,36-39,41,47-48H,15-21H2,1-14H3/t23-,24+,25-,26+,27-,28+,29-,30-,33+,34+,36+,37-,38+,39-,41+,42-,43-/m1/s1. The van der Waals surface area contributed by atoms with E-state index < -0.39 is 108 Å². The summed E-state index contributed by atoms with van der Waals surface area (Å²) < 4.78 is 56.9. The van der Waals surface area contributed by atoms with E-state index in [1.54, 1.807) is 27.7 Å². The van der Waals surface area contributed by atoms with Crippen LogP contribution in [0.4, 0.5) is 0 Å². The zero-order valence-electron chi connectivity index (χ0n) is 37.4. The molecule has 17 atom stereocenters. The van der Waals surface area contributed by atoms with Gasteiger partial charge in [0.15, 0.2) is 18.7 Å². The number of carbonyl (C=O) groups excluding carboxylic acids is 3. The van der Waals surface area contributed by atoms with E-state index in [9.17, 15) is 24.6 Å². The van der Waals surface area contributed by atoms with Crippen molar-refractivity contribution in [1.29, 1.82) is 0 Å². The summed E-state index contributed by atoms with van der Waals surface area (Å²) in [7, 11) is 5.32. The zero-order valence-corrected chi connectivity index (χ0v) is 37.4. The summed E-state index contributed by atoms with van der Waals surface area (Å²) in [5.74, 6) is -3.38. The molecule has 0 amide bonds. The van der Waals surface area contributed by atoms with E-state index in [0.717, 1.165) is 5.57 Å². The lowest BCUT2D eigenvalue weighted by molar-refractivity contribution is -0.317. The molecular weight excluding hydrogens is 754 g/mol. The van der Waals surface area contributed by atoms with Gasteiger partial charge < -0.3 is 57.7 Å². The maximum Gasteiger partial charge on any atom is 0.311 e. The molecule has 0 saturated carbocycles. The Labute approximate surface area is 345 Å². The number of fused-ring (bicyclic) bond motifs is 2. The molecule has 15 nitrogen and oxygen atoms in total. The van der Waals surface area contributed by atoms with Gasteiger partial charge in [-0.05, 0) is 81.0 Å². The van der Waals surface area contributed by atoms with Crippen LogP contribution in [0.2, 0.25) is 0 Å². The first kappa shape index (κ1) is 48.3. The second-order valence-corrected chi connectivity index (χ2v) is 17.8. The Bertz CT molecular complexity index is 1440. The van der Waals surface area contributed by atoms with Crippen molar-refractivity contribution in [2.24, 2.45) is 23.7 Å². The predicted octanol–water partition coefficient (Wildman–Crippen LogP) is 4.67. The minimum Gasteiger partial charge on any atom is -0.489 e. The van der Waals surface area contributed by atoms with Crippen molar-refractivity contribution in [2.45, 2.75) is 193 Å². The lowest BCUT2D eigenvalue weighted by Gasteiger charge is -2.49. The minimum absolute atomic E-state index is 0.135. The Balaban J connectivity index is 1.83. The quantitative estimate of drug-likeness (QED) is 0.205. The number of carbonyl (C=O) groups is 3. The van der Waals surface area contributed by atoms with Crippen molar-refractivity contribution in [2.75, 3.05) is 27.8 Å². The van der Waals surface area contributed by atoms with Crippen LogP contribution in [0.1, 0.15) is 115 Å². The molecule has 3 saturated heterocycles. The Kier molecular flexibility index (Phi) is 16.7. The van der Waals surface area contributed by atoms with E-state index in [0.29, 0.717) is 25.0 Å². The summed E-state index contributed by atoms with van der Waals surface area (Å²) in [6, 6.07) is -0.322.